The molecule has 0 heteroatoms. The summed E-state index contributed by atoms with van der Waals surface area (Å²) >= 11 is 0. The molecule has 2 bridgehead atoms. The Bertz CT molecular complexity index is 148. The van der Waals surface area contributed by atoms with Crippen molar-refractivity contribution in [3.05, 3.63) is 0 Å². The van der Waals surface area contributed by atoms with Crippen LogP contribution in [-0.2, 0) is 0 Å². The smallest absolute Gasteiger partial charge is 0.0263 e. The summed E-state index contributed by atoms with van der Waals surface area (Å²) in [5.74, 6) is 2.39. The van der Waals surface area contributed by atoms with E-state index in [-0.39, 0.29) is 0 Å². The Hall–Kier alpha value is 0. The maximum absolute atomic E-state index is 1.62. The van der Waals surface area contributed by atoms with Gasteiger partial charge in [-0.3, -0.25) is 0 Å². The summed E-state index contributed by atoms with van der Waals surface area (Å²) in [6, 6.07) is 0. The van der Waals surface area contributed by atoms with E-state index in [2.05, 4.69) is 0 Å². The summed E-state index contributed by atoms with van der Waals surface area (Å²) in [7, 11) is 0. The van der Waals surface area contributed by atoms with Gasteiger partial charge in [-0.05, 0) is 42.9 Å². The summed E-state index contributed by atoms with van der Waals surface area (Å²) in [6.07, 6.45) is 9.56. The minimum Gasteiger partial charge on any atom is -0.0525 e. The van der Waals surface area contributed by atoms with Gasteiger partial charge in [0.05, 0.1) is 0 Å². The molecule has 0 nitrogen and oxygen atoms in total. The summed E-state index contributed by atoms with van der Waals surface area (Å²) in [6.45, 7) is 0. The zero-order chi connectivity index (χ0) is 5.90. The molecule has 3 atom stereocenters. The first-order valence-electron chi connectivity index (χ1n) is 4.39. The second kappa shape index (κ2) is 1.21. The lowest BCUT2D eigenvalue weighted by Crippen LogP contribution is -2.09. The molecule has 3 aliphatic rings. The third kappa shape index (κ3) is 0.461. The molecule has 0 aliphatic heterocycles. The molecule has 50 valence electrons. The van der Waals surface area contributed by atoms with E-state index in [4.69, 9.17) is 0 Å². The molecule has 0 aromatic carbocycles. The second-order valence-electron chi connectivity index (χ2n) is 4.46. The van der Waals surface area contributed by atoms with Gasteiger partial charge in [0, 0.05) is 0 Å². The molecule has 0 amide bonds. The largest absolute Gasteiger partial charge is 0.0525 e. The van der Waals surface area contributed by atoms with E-state index < -0.39 is 0 Å². The molecule has 1 spiro atoms. The normalized spacial score (nSPS) is 61.3. The van der Waals surface area contributed by atoms with Crippen LogP contribution < -0.4 is 0 Å². The highest BCUT2D eigenvalue weighted by Crippen LogP contribution is 2.70. The predicted molar refractivity (Wildman–Crippen MR) is 37.1 cm³/mol. The highest BCUT2D eigenvalue weighted by Gasteiger charge is 2.60. The second-order valence-corrected chi connectivity index (χ2v) is 4.46. The highest BCUT2D eigenvalue weighted by atomic mass is 14.6. The Morgan fingerprint density at radius 3 is 3.00 bits per heavy atom. The lowest BCUT2D eigenvalue weighted by molar-refractivity contribution is 0.299. The van der Waals surface area contributed by atoms with Gasteiger partial charge < -0.3 is 0 Å². The summed E-state index contributed by atoms with van der Waals surface area (Å²) in [5.41, 5.74) is 0.961. The fraction of sp³-hybridized carbons (Fsp3) is 1.00. The maximum atomic E-state index is 1.62. The van der Waals surface area contributed by atoms with E-state index in [0.717, 1.165) is 5.41 Å². The van der Waals surface area contributed by atoms with Gasteiger partial charge in [-0.1, -0.05) is 12.8 Å². The minimum absolute atomic E-state index is 0.961. The van der Waals surface area contributed by atoms with Crippen molar-refractivity contribution < 1.29 is 0 Å². The summed E-state index contributed by atoms with van der Waals surface area (Å²) in [4.78, 5) is 0. The summed E-state index contributed by atoms with van der Waals surface area (Å²) < 4.78 is 0. The Morgan fingerprint density at radius 2 is 2.22 bits per heavy atom. The molecule has 0 radical (unpaired) electrons. The van der Waals surface area contributed by atoms with Crippen LogP contribution in [0.5, 0.6) is 0 Å². The van der Waals surface area contributed by atoms with Crippen LogP contribution in [0.1, 0.15) is 38.5 Å². The van der Waals surface area contributed by atoms with Gasteiger partial charge in [-0.15, -0.1) is 0 Å². The molecule has 9 heavy (non-hydrogen) atoms. The van der Waals surface area contributed by atoms with E-state index in [9.17, 15) is 0 Å². The molecule has 3 saturated carbocycles. The molecule has 3 fully saturated rings. The third-order valence-electron chi connectivity index (χ3n) is 3.96. The van der Waals surface area contributed by atoms with Crippen molar-refractivity contribution in [2.24, 2.45) is 17.3 Å². The van der Waals surface area contributed by atoms with Crippen molar-refractivity contribution in [2.45, 2.75) is 38.5 Å². The van der Waals surface area contributed by atoms with Gasteiger partial charge in [0.25, 0.3) is 0 Å². The van der Waals surface area contributed by atoms with Gasteiger partial charge in [0.15, 0.2) is 0 Å². The van der Waals surface area contributed by atoms with Gasteiger partial charge in [0.1, 0.15) is 0 Å². The van der Waals surface area contributed by atoms with Crippen molar-refractivity contribution in [1.29, 1.82) is 0 Å². The van der Waals surface area contributed by atoms with E-state index >= 15 is 0 Å². The fourth-order valence-corrected chi connectivity index (χ4v) is 3.45. The first-order valence-corrected chi connectivity index (χ1v) is 4.39. The van der Waals surface area contributed by atoms with Crippen molar-refractivity contribution >= 4 is 0 Å². The van der Waals surface area contributed by atoms with Crippen LogP contribution in [0.2, 0.25) is 0 Å². The van der Waals surface area contributed by atoms with Crippen LogP contribution in [0.25, 0.3) is 0 Å². The molecular formula is C9H14. The molecule has 1 unspecified atom stereocenters. The maximum Gasteiger partial charge on any atom is -0.0263 e. The van der Waals surface area contributed by atoms with Crippen LogP contribution in [0.4, 0.5) is 0 Å². The number of rotatable bonds is 0. The van der Waals surface area contributed by atoms with Gasteiger partial charge in [-0.2, -0.15) is 0 Å². The number of hydrogen-bond acceptors (Lipinski definition) is 0. The van der Waals surface area contributed by atoms with Crippen LogP contribution in [0.15, 0.2) is 0 Å². The first-order chi connectivity index (χ1) is 4.39. The molecule has 3 aliphatic carbocycles. The molecule has 0 heterocycles. The first kappa shape index (κ1) is 4.76. The van der Waals surface area contributed by atoms with Crippen molar-refractivity contribution in [2.75, 3.05) is 0 Å². The minimum atomic E-state index is 0.961. The third-order valence-corrected chi connectivity index (χ3v) is 3.96. The van der Waals surface area contributed by atoms with Crippen LogP contribution in [-0.4, -0.2) is 0 Å². The molecular weight excluding hydrogens is 108 g/mol. The summed E-state index contributed by atoms with van der Waals surface area (Å²) in [5, 5.41) is 0. The standard InChI is InChI=1S/C9H14/c1-2-7-4-8-6-9(8,3-1)5-7/h7-8H,1-6H2/t7-,8?,9-/m0/s1. The topological polar surface area (TPSA) is 0 Å². The molecule has 3 rings (SSSR count). The van der Waals surface area contributed by atoms with Crippen molar-refractivity contribution in [3.8, 4) is 0 Å². The van der Waals surface area contributed by atoms with E-state index in [1.54, 1.807) is 38.5 Å². The van der Waals surface area contributed by atoms with E-state index in [1.165, 1.54) is 11.8 Å². The molecule has 0 aromatic heterocycles. The quantitative estimate of drug-likeness (QED) is 0.463. The van der Waals surface area contributed by atoms with Crippen LogP contribution in [0.3, 0.4) is 0 Å². The van der Waals surface area contributed by atoms with Crippen molar-refractivity contribution in [1.82, 2.24) is 0 Å². The highest BCUT2D eigenvalue weighted by molar-refractivity contribution is 5.10. The molecule has 0 saturated heterocycles. The zero-order valence-corrected chi connectivity index (χ0v) is 5.90. The SMILES string of the molecule is C1C[C@H]2CC3C[C@]3(C1)C2. The Morgan fingerprint density at radius 1 is 1.22 bits per heavy atom. The molecule has 0 N–H and O–H groups in total. The van der Waals surface area contributed by atoms with Gasteiger partial charge >= 0.3 is 0 Å². The zero-order valence-electron chi connectivity index (χ0n) is 5.90. The molecule has 0 aromatic rings. The lowest BCUT2D eigenvalue weighted by Gasteiger charge is -2.22. The van der Waals surface area contributed by atoms with Crippen LogP contribution in [0, 0.1) is 17.3 Å². The average molecular weight is 122 g/mol. The number of hydrogen-bond donors (Lipinski definition) is 0. The fourth-order valence-electron chi connectivity index (χ4n) is 3.45. The van der Waals surface area contributed by atoms with E-state index in [1.807, 2.05) is 0 Å². The monoisotopic (exact) mass is 122 g/mol. The van der Waals surface area contributed by atoms with Gasteiger partial charge in [-0.25, -0.2) is 0 Å². The predicted octanol–water partition coefficient (Wildman–Crippen LogP) is 2.59. The Balaban J connectivity index is 1.95. The Kier molecular flexibility index (Phi) is 0.640. The number of fused-ring (bicyclic) bond motifs is 1. The Labute approximate surface area is 56.6 Å². The van der Waals surface area contributed by atoms with E-state index in [0.29, 0.717) is 0 Å². The lowest BCUT2D eigenvalue weighted by atomic mass is 9.84. The van der Waals surface area contributed by atoms with Crippen molar-refractivity contribution in [3.63, 3.8) is 0 Å². The van der Waals surface area contributed by atoms with Gasteiger partial charge in [0.2, 0.25) is 0 Å². The average Bonchev–Trinajstić information content (AvgIpc) is 2.38. The van der Waals surface area contributed by atoms with Crippen LogP contribution >= 0.6 is 0 Å².